The molecule has 0 aromatic rings. The van der Waals surface area contributed by atoms with Crippen molar-refractivity contribution in [3.63, 3.8) is 0 Å². The molecule has 0 radical (unpaired) electrons. The molecule has 2 N–H and O–H groups in total. The van der Waals surface area contributed by atoms with E-state index in [4.69, 9.17) is 15.2 Å². The quantitative estimate of drug-likeness (QED) is 0.778. The Kier molecular flexibility index (Phi) is 3.66. The molecule has 4 nitrogen and oxygen atoms in total. The van der Waals surface area contributed by atoms with Gasteiger partial charge in [0.15, 0.2) is 0 Å². The molecule has 2 unspecified atom stereocenters. The number of rotatable bonds is 3. The van der Waals surface area contributed by atoms with Gasteiger partial charge in [0.25, 0.3) is 0 Å². The van der Waals surface area contributed by atoms with E-state index in [9.17, 15) is 0 Å². The van der Waals surface area contributed by atoms with Gasteiger partial charge in [0.05, 0.1) is 25.9 Å². The first kappa shape index (κ1) is 11.9. The maximum atomic E-state index is 6.21. The van der Waals surface area contributed by atoms with Gasteiger partial charge in [-0.15, -0.1) is 0 Å². The molecule has 1 aliphatic carbocycles. The highest BCUT2D eigenvalue weighted by Crippen LogP contribution is 2.35. The summed E-state index contributed by atoms with van der Waals surface area (Å²) in [5, 5.41) is 0. The molecule has 17 heavy (non-hydrogen) atoms. The van der Waals surface area contributed by atoms with E-state index in [1.54, 1.807) is 0 Å². The number of nitrogens with zero attached hydrogens (tertiary/aromatic N) is 1. The lowest BCUT2D eigenvalue weighted by Crippen LogP contribution is -2.49. The summed E-state index contributed by atoms with van der Waals surface area (Å²) in [7, 11) is 0. The minimum atomic E-state index is 0.317. The molecule has 2 heterocycles. The Bertz CT molecular complexity index is 242. The van der Waals surface area contributed by atoms with Gasteiger partial charge in [0, 0.05) is 25.7 Å². The highest BCUT2D eigenvalue weighted by Gasteiger charge is 2.39. The Labute approximate surface area is 103 Å². The van der Waals surface area contributed by atoms with Crippen LogP contribution in [0.5, 0.6) is 0 Å². The summed E-state index contributed by atoms with van der Waals surface area (Å²) in [6, 6.07) is 0.473. The number of piperidine rings is 1. The van der Waals surface area contributed by atoms with Crippen molar-refractivity contribution in [1.29, 1.82) is 0 Å². The van der Waals surface area contributed by atoms with Crippen molar-refractivity contribution in [2.75, 3.05) is 39.5 Å². The SMILES string of the molecule is NC1[C@@H]2CC[C@H]1CN(CCC1COCCO1)C2. The molecular weight excluding hydrogens is 216 g/mol. The van der Waals surface area contributed by atoms with Gasteiger partial charge < -0.3 is 20.1 Å². The Hall–Kier alpha value is -0.160. The normalized spacial score (nSPS) is 42.9. The van der Waals surface area contributed by atoms with Crippen LogP contribution in [-0.4, -0.2) is 56.5 Å². The average molecular weight is 240 g/mol. The molecule has 3 rings (SSSR count). The smallest absolute Gasteiger partial charge is 0.0821 e. The molecule has 3 aliphatic rings. The third kappa shape index (κ3) is 2.65. The van der Waals surface area contributed by atoms with Gasteiger partial charge in [-0.1, -0.05) is 0 Å². The summed E-state index contributed by atoms with van der Waals surface area (Å²) < 4.78 is 11.1. The molecule has 2 aliphatic heterocycles. The zero-order chi connectivity index (χ0) is 11.7. The van der Waals surface area contributed by atoms with Crippen LogP contribution < -0.4 is 5.73 Å². The molecule has 0 spiro atoms. The van der Waals surface area contributed by atoms with Crippen LogP contribution in [0.25, 0.3) is 0 Å². The predicted octanol–water partition coefficient (Wildman–Crippen LogP) is 0.461. The monoisotopic (exact) mass is 240 g/mol. The number of fused-ring (bicyclic) bond motifs is 2. The minimum absolute atomic E-state index is 0.317. The molecular formula is C13H24N2O2. The summed E-state index contributed by atoms with van der Waals surface area (Å²) >= 11 is 0. The molecule has 2 bridgehead atoms. The molecule has 0 aromatic heterocycles. The Morgan fingerprint density at radius 3 is 2.53 bits per heavy atom. The summed E-state index contributed by atoms with van der Waals surface area (Å²) in [6.45, 7) is 5.85. The number of ether oxygens (including phenoxy) is 2. The lowest BCUT2D eigenvalue weighted by molar-refractivity contribution is -0.0934. The van der Waals surface area contributed by atoms with Gasteiger partial charge in [0.2, 0.25) is 0 Å². The van der Waals surface area contributed by atoms with Crippen LogP contribution in [0.3, 0.4) is 0 Å². The van der Waals surface area contributed by atoms with Gasteiger partial charge in [-0.3, -0.25) is 0 Å². The number of hydrogen-bond acceptors (Lipinski definition) is 4. The van der Waals surface area contributed by atoms with E-state index >= 15 is 0 Å². The first-order chi connectivity index (χ1) is 8.33. The minimum Gasteiger partial charge on any atom is -0.376 e. The number of likely N-dealkylation sites (tertiary alicyclic amines) is 1. The van der Waals surface area contributed by atoms with E-state index in [1.165, 1.54) is 25.9 Å². The summed E-state index contributed by atoms with van der Waals surface area (Å²) in [5.74, 6) is 1.49. The van der Waals surface area contributed by atoms with E-state index in [2.05, 4.69) is 4.90 Å². The van der Waals surface area contributed by atoms with Crippen LogP contribution in [0.2, 0.25) is 0 Å². The number of hydrogen-bond donors (Lipinski definition) is 1. The Morgan fingerprint density at radius 2 is 1.88 bits per heavy atom. The second-order valence-corrected chi connectivity index (χ2v) is 5.79. The van der Waals surface area contributed by atoms with Crippen molar-refractivity contribution < 1.29 is 9.47 Å². The summed E-state index contributed by atoms with van der Waals surface area (Å²) in [6.07, 6.45) is 4.10. The van der Waals surface area contributed by atoms with Crippen molar-refractivity contribution >= 4 is 0 Å². The van der Waals surface area contributed by atoms with Gasteiger partial charge >= 0.3 is 0 Å². The second kappa shape index (κ2) is 5.22. The van der Waals surface area contributed by atoms with Gasteiger partial charge in [-0.25, -0.2) is 0 Å². The third-order valence-electron chi connectivity index (χ3n) is 4.63. The average Bonchev–Trinajstić information content (AvgIpc) is 2.61. The fraction of sp³-hybridized carbons (Fsp3) is 1.00. The van der Waals surface area contributed by atoms with E-state index in [0.717, 1.165) is 44.6 Å². The van der Waals surface area contributed by atoms with Crippen LogP contribution in [0.4, 0.5) is 0 Å². The van der Waals surface area contributed by atoms with Crippen molar-refractivity contribution in [3.8, 4) is 0 Å². The van der Waals surface area contributed by atoms with Crippen LogP contribution in [-0.2, 0) is 9.47 Å². The van der Waals surface area contributed by atoms with Crippen LogP contribution in [0.15, 0.2) is 0 Å². The molecule has 0 aromatic carbocycles. The zero-order valence-electron chi connectivity index (χ0n) is 10.5. The first-order valence-corrected chi connectivity index (χ1v) is 7.00. The van der Waals surface area contributed by atoms with Crippen molar-refractivity contribution in [2.45, 2.75) is 31.4 Å². The van der Waals surface area contributed by atoms with Gasteiger partial charge in [-0.2, -0.15) is 0 Å². The van der Waals surface area contributed by atoms with Crippen LogP contribution in [0.1, 0.15) is 19.3 Å². The zero-order valence-corrected chi connectivity index (χ0v) is 10.5. The predicted molar refractivity (Wildman–Crippen MR) is 65.8 cm³/mol. The van der Waals surface area contributed by atoms with E-state index < -0.39 is 0 Å². The highest BCUT2D eigenvalue weighted by molar-refractivity contribution is 4.95. The molecule has 3 fully saturated rings. The van der Waals surface area contributed by atoms with E-state index in [-0.39, 0.29) is 0 Å². The Balaban J connectivity index is 1.44. The molecule has 4 heteroatoms. The van der Waals surface area contributed by atoms with Gasteiger partial charge in [0.1, 0.15) is 0 Å². The van der Waals surface area contributed by atoms with E-state index in [1.807, 2.05) is 0 Å². The van der Waals surface area contributed by atoms with E-state index in [0.29, 0.717) is 12.1 Å². The topological polar surface area (TPSA) is 47.7 Å². The summed E-state index contributed by atoms with van der Waals surface area (Å²) in [4.78, 5) is 2.59. The molecule has 2 saturated heterocycles. The highest BCUT2D eigenvalue weighted by atomic mass is 16.6. The third-order valence-corrected chi connectivity index (χ3v) is 4.63. The lowest BCUT2D eigenvalue weighted by Gasteiger charge is -2.37. The maximum Gasteiger partial charge on any atom is 0.0821 e. The molecule has 0 amide bonds. The van der Waals surface area contributed by atoms with Crippen molar-refractivity contribution in [2.24, 2.45) is 17.6 Å². The lowest BCUT2D eigenvalue weighted by atomic mass is 9.93. The van der Waals surface area contributed by atoms with Gasteiger partial charge in [-0.05, 0) is 31.1 Å². The Morgan fingerprint density at radius 1 is 1.12 bits per heavy atom. The van der Waals surface area contributed by atoms with Crippen LogP contribution in [0, 0.1) is 11.8 Å². The van der Waals surface area contributed by atoms with Crippen molar-refractivity contribution in [1.82, 2.24) is 4.90 Å². The maximum absolute atomic E-state index is 6.21. The molecule has 98 valence electrons. The summed E-state index contributed by atoms with van der Waals surface area (Å²) in [5.41, 5.74) is 6.21. The van der Waals surface area contributed by atoms with Crippen LogP contribution >= 0.6 is 0 Å². The standard InChI is InChI=1S/C13H24N2O2/c14-13-10-1-2-11(13)8-15(7-10)4-3-12-9-16-5-6-17-12/h10-13H,1-9,14H2/t10-,11+,12?,13?. The number of nitrogens with two attached hydrogens (primary N) is 1. The molecule has 1 saturated carbocycles. The van der Waals surface area contributed by atoms with Crippen molar-refractivity contribution in [3.05, 3.63) is 0 Å². The fourth-order valence-electron chi connectivity index (χ4n) is 3.57. The fourth-order valence-corrected chi connectivity index (χ4v) is 3.57. The first-order valence-electron chi connectivity index (χ1n) is 7.00. The second-order valence-electron chi connectivity index (χ2n) is 5.79. The molecule has 4 atom stereocenters. The largest absolute Gasteiger partial charge is 0.376 e.